The zero-order valence-corrected chi connectivity index (χ0v) is 11.3. The molecule has 0 radical (unpaired) electrons. The van der Waals surface area contributed by atoms with Gasteiger partial charge in [0.2, 0.25) is 0 Å². The molecule has 0 fully saturated rings. The number of H-pyrrole nitrogens is 1. The molecule has 2 nitrogen and oxygen atoms in total. The summed E-state index contributed by atoms with van der Waals surface area (Å²) in [4.78, 5) is 8.22. The average Bonchev–Trinajstić information content (AvgIpc) is 2.94. The quantitative estimate of drug-likeness (QED) is 0.419. The van der Waals surface area contributed by atoms with Crippen molar-refractivity contribution in [1.82, 2.24) is 9.97 Å². The molecule has 2 aromatic heterocycles. The summed E-state index contributed by atoms with van der Waals surface area (Å²) in [5.41, 5.74) is 3.40. The van der Waals surface area contributed by atoms with Crippen LogP contribution in [0.2, 0.25) is 0 Å². The summed E-state index contributed by atoms with van der Waals surface area (Å²) in [7, 11) is 0. The van der Waals surface area contributed by atoms with E-state index in [4.69, 9.17) is 0 Å². The minimum absolute atomic E-state index is 1.03. The van der Waals surface area contributed by atoms with Crippen molar-refractivity contribution in [2.24, 2.45) is 0 Å². The Kier molecular flexibility index (Phi) is 1.98. The van der Waals surface area contributed by atoms with Gasteiger partial charge in [0.1, 0.15) is 0 Å². The minimum Gasteiger partial charge on any atom is -0.353 e. The lowest BCUT2D eigenvalue weighted by molar-refractivity contribution is 1.44. The van der Waals surface area contributed by atoms with Crippen molar-refractivity contribution in [1.29, 1.82) is 0 Å². The van der Waals surface area contributed by atoms with E-state index in [0.717, 1.165) is 5.52 Å². The van der Waals surface area contributed by atoms with Gasteiger partial charge < -0.3 is 4.98 Å². The highest BCUT2D eigenvalue weighted by Crippen LogP contribution is 2.33. The van der Waals surface area contributed by atoms with Crippen LogP contribution in [0.25, 0.3) is 43.5 Å². The van der Waals surface area contributed by atoms with Crippen LogP contribution in [-0.2, 0) is 0 Å². The van der Waals surface area contributed by atoms with Crippen LogP contribution in [0.3, 0.4) is 0 Å². The predicted octanol–water partition coefficient (Wildman–Crippen LogP) is 5.02. The average molecular weight is 268 g/mol. The molecule has 2 heterocycles. The summed E-state index contributed by atoms with van der Waals surface area (Å²) in [5, 5.41) is 6.12. The number of aromatic nitrogens is 2. The van der Waals surface area contributed by atoms with Crippen LogP contribution in [0.1, 0.15) is 0 Å². The first-order valence-electron chi connectivity index (χ1n) is 7.09. The van der Waals surface area contributed by atoms with Crippen LogP contribution in [-0.4, -0.2) is 9.97 Å². The molecule has 0 aliphatic carbocycles. The Hall–Kier alpha value is -2.87. The summed E-state index contributed by atoms with van der Waals surface area (Å²) in [6, 6.07) is 21.1. The molecule has 5 rings (SSSR count). The lowest BCUT2D eigenvalue weighted by Crippen LogP contribution is -1.79. The Labute approximate surface area is 121 Å². The van der Waals surface area contributed by atoms with Crippen LogP contribution >= 0.6 is 0 Å². The Morgan fingerprint density at radius 3 is 2.33 bits per heavy atom. The van der Waals surface area contributed by atoms with E-state index in [1.54, 1.807) is 0 Å². The van der Waals surface area contributed by atoms with Gasteiger partial charge in [-0.15, -0.1) is 0 Å². The fraction of sp³-hybridized carbons (Fsp3) is 0. The SMILES string of the molecule is c1ccc2c(c1)ccc1c3cnc4ccccc4c3[nH]c21. The first-order chi connectivity index (χ1) is 10.4. The van der Waals surface area contributed by atoms with E-state index in [1.807, 2.05) is 12.3 Å². The number of hydrogen-bond acceptors (Lipinski definition) is 1. The van der Waals surface area contributed by atoms with Crippen LogP contribution < -0.4 is 0 Å². The summed E-state index contributed by atoms with van der Waals surface area (Å²) in [6.45, 7) is 0. The zero-order valence-electron chi connectivity index (χ0n) is 11.3. The monoisotopic (exact) mass is 268 g/mol. The van der Waals surface area contributed by atoms with E-state index < -0.39 is 0 Å². The predicted molar refractivity (Wildman–Crippen MR) is 88.6 cm³/mol. The van der Waals surface area contributed by atoms with Crippen LogP contribution in [0, 0.1) is 0 Å². The Morgan fingerprint density at radius 1 is 0.619 bits per heavy atom. The van der Waals surface area contributed by atoms with Crippen molar-refractivity contribution >= 4 is 43.5 Å². The van der Waals surface area contributed by atoms with E-state index in [9.17, 15) is 0 Å². The fourth-order valence-electron chi connectivity index (χ4n) is 3.24. The van der Waals surface area contributed by atoms with Crippen molar-refractivity contribution in [3.05, 3.63) is 66.9 Å². The third-order valence-electron chi connectivity index (χ3n) is 4.24. The highest BCUT2D eigenvalue weighted by atomic mass is 14.7. The summed E-state index contributed by atoms with van der Waals surface area (Å²) < 4.78 is 0. The lowest BCUT2D eigenvalue weighted by atomic mass is 10.1. The van der Waals surface area contributed by atoms with Crippen molar-refractivity contribution in [3.63, 3.8) is 0 Å². The molecule has 21 heavy (non-hydrogen) atoms. The minimum atomic E-state index is 1.03. The Balaban J connectivity index is 2.09. The van der Waals surface area contributed by atoms with Crippen molar-refractivity contribution in [2.45, 2.75) is 0 Å². The molecule has 1 N–H and O–H groups in total. The molecule has 3 aromatic carbocycles. The molecule has 0 amide bonds. The first kappa shape index (κ1) is 10.9. The normalized spacial score (nSPS) is 11.8. The van der Waals surface area contributed by atoms with Gasteiger partial charge in [0.15, 0.2) is 0 Å². The van der Waals surface area contributed by atoms with Gasteiger partial charge in [-0.25, -0.2) is 0 Å². The number of aromatic amines is 1. The summed E-state index contributed by atoms with van der Waals surface area (Å²) >= 11 is 0. The molecular weight excluding hydrogens is 256 g/mol. The maximum Gasteiger partial charge on any atom is 0.0723 e. The summed E-state index contributed by atoms with van der Waals surface area (Å²) in [6.07, 6.45) is 1.98. The topological polar surface area (TPSA) is 28.7 Å². The fourth-order valence-corrected chi connectivity index (χ4v) is 3.24. The molecule has 0 bridgehead atoms. The molecule has 0 saturated heterocycles. The molecule has 0 unspecified atom stereocenters. The molecule has 0 spiro atoms. The molecule has 0 atom stereocenters. The molecule has 0 aliphatic heterocycles. The van der Waals surface area contributed by atoms with Gasteiger partial charge in [-0.1, -0.05) is 54.6 Å². The van der Waals surface area contributed by atoms with Gasteiger partial charge in [0.25, 0.3) is 0 Å². The van der Waals surface area contributed by atoms with E-state index in [2.05, 4.69) is 64.6 Å². The van der Waals surface area contributed by atoms with Gasteiger partial charge in [0, 0.05) is 27.7 Å². The largest absolute Gasteiger partial charge is 0.353 e. The van der Waals surface area contributed by atoms with E-state index >= 15 is 0 Å². The van der Waals surface area contributed by atoms with Crippen molar-refractivity contribution in [3.8, 4) is 0 Å². The Morgan fingerprint density at radius 2 is 1.38 bits per heavy atom. The van der Waals surface area contributed by atoms with Gasteiger partial charge in [-0.05, 0) is 11.5 Å². The number of hydrogen-bond donors (Lipinski definition) is 1. The van der Waals surface area contributed by atoms with Crippen LogP contribution in [0.15, 0.2) is 66.9 Å². The molecule has 0 saturated carbocycles. The number of pyridine rings is 1. The second kappa shape index (κ2) is 3.83. The van der Waals surface area contributed by atoms with Crippen molar-refractivity contribution in [2.75, 3.05) is 0 Å². The smallest absolute Gasteiger partial charge is 0.0723 e. The number of fused-ring (bicyclic) bond motifs is 7. The number of nitrogens with one attached hydrogen (secondary N) is 1. The second-order valence-corrected chi connectivity index (χ2v) is 5.40. The second-order valence-electron chi connectivity index (χ2n) is 5.40. The third-order valence-corrected chi connectivity index (χ3v) is 4.24. The van der Waals surface area contributed by atoms with Gasteiger partial charge in [-0.2, -0.15) is 0 Å². The maximum atomic E-state index is 4.59. The molecule has 2 heteroatoms. The van der Waals surface area contributed by atoms with E-state index in [0.29, 0.717) is 0 Å². The maximum absolute atomic E-state index is 4.59. The molecule has 98 valence electrons. The molecule has 0 aliphatic rings. The first-order valence-corrected chi connectivity index (χ1v) is 7.09. The van der Waals surface area contributed by atoms with Gasteiger partial charge in [0.05, 0.1) is 16.6 Å². The number of para-hydroxylation sites is 1. The molecular formula is C19H12N2. The Bertz CT molecular complexity index is 1050. The highest BCUT2D eigenvalue weighted by Gasteiger charge is 2.10. The summed E-state index contributed by atoms with van der Waals surface area (Å²) in [5.74, 6) is 0. The number of rotatable bonds is 0. The lowest BCUT2D eigenvalue weighted by Gasteiger charge is -1.98. The third kappa shape index (κ3) is 1.39. The van der Waals surface area contributed by atoms with Crippen LogP contribution in [0.5, 0.6) is 0 Å². The standard InChI is InChI=1S/C19H12N2/c1-2-6-13-12(5-1)9-10-14-16-11-20-17-8-4-3-7-15(17)19(16)21-18(13)14/h1-11,21H. The van der Waals surface area contributed by atoms with Gasteiger partial charge in [-0.3, -0.25) is 4.98 Å². The number of benzene rings is 3. The van der Waals surface area contributed by atoms with E-state index in [-0.39, 0.29) is 0 Å². The molecule has 5 aromatic rings. The van der Waals surface area contributed by atoms with Crippen molar-refractivity contribution < 1.29 is 0 Å². The number of nitrogens with zero attached hydrogens (tertiary/aromatic N) is 1. The highest BCUT2D eigenvalue weighted by molar-refractivity contribution is 6.21. The van der Waals surface area contributed by atoms with E-state index in [1.165, 1.54) is 38.0 Å². The van der Waals surface area contributed by atoms with Gasteiger partial charge >= 0.3 is 0 Å². The zero-order chi connectivity index (χ0) is 13.8. The van der Waals surface area contributed by atoms with Crippen LogP contribution in [0.4, 0.5) is 0 Å².